The molecule has 0 aromatic heterocycles. The summed E-state index contributed by atoms with van der Waals surface area (Å²) < 4.78 is 26.6. The van der Waals surface area contributed by atoms with E-state index in [2.05, 4.69) is 16.7 Å². The van der Waals surface area contributed by atoms with Gasteiger partial charge in [-0.15, -0.1) is 0 Å². The van der Waals surface area contributed by atoms with Gasteiger partial charge in [0, 0.05) is 18.1 Å². The molecule has 1 atom stereocenters. The van der Waals surface area contributed by atoms with Crippen LogP contribution in [0.1, 0.15) is 12.0 Å². The van der Waals surface area contributed by atoms with Crippen LogP contribution in [0.15, 0.2) is 24.3 Å². The average molecular weight is 303 g/mol. The molecule has 0 radical (unpaired) electrons. The minimum atomic E-state index is -3.26. The average Bonchev–Trinajstić information content (AvgIpc) is 2.76. The first-order valence-corrected chi connectivity index (χ1v) is 8.38. The van der Waals surface area contributed by atoms with Crippen LogP contribution in [0.4, 0.5) is 0 Å². The summed E-state index contributed by atoms with van der Waals surface area (Å²) in [5.41, 5.74) is 0.750. The van der Waals surface area contributed by atoms with Crippen molar-refractivity contribution < 1.29 is 8.42 Å². The summed E-state index contributed by atoms with van der Waals surface area (Å²) in [6.07, 6.45) is 1.06. The Hall–Kier alpha value is -0.620. The van der Waals surface area contributed by atoms with Crippen molar-refractivity contribution in [1.29, 1.82) is 0 Å². The van der Waals surface area contributed by atoms with Crippen LogP contribution < -0.4 is 4.72 Å². The van der Waals surface area contributed by atoms with E-state index in [9.17, 15) is 8.42 Å². The van der Waals surface area contributed by atoms with Crippen molar-refractivity contribution in [2.45, 2.75) is 12.2 Å². The molecular formula is C13H19ClN2O2S. The van der Waals surface area contributed by atoms with E-state index >= 15 is 0 Å². The van der Waals surface area contributed by atoms with Gasteiger partial charge in [-0.25, -0.2) is 13.1 Å². The lowest BCUT2D eigenvalue weighted by atomic mass is 10.1. The predicted octanol–water partition coefficient (Wildman–Crippen LogP) is 1.71. The van der Waals surface area contributed by atoms with Crippen molar-refractivity contribution in [3.05, 3.63) is 34.9 Å². The molecule has 0 bridgehead atoms. The first-order chi connectivity index (χ1) is 8.94. The van der Waals surface area contributed by atoms with E-state index in [1.807, 2.05) is 0 Å². The Labute approximate surface area is 119 Å². The number of rotatable bonds is 5. The van der Waals surface area contributed by atoms with E-state index in [1.54, 1.807) is 24.3 Å². The molecule has 1 N–H and O–H groups in total. The van der Waals surface area contributed by atoms with E-state index in [-0.39, 0.29) is 5.75 Å². The minimum Gasteiger partial charge on any atom is -0.306 e. The molecule has 0 aliphatic carbocycles. The zero-order chi connectivity index (χ0) is 13.9. The fraction of sp³-hybridized carbons (Fsp3) is 0.538. The maximum Gasteiger partial charge on any atom is 0.215 e. The lowest BCUT2D eigenvalue weighted by molar-refractivity contribution is 0.394. The van der Waals surface area contributed by atoms with Gasteiger partial charge in [-0.3, -0.25) is 0 Å². The second-order valence-electron chi connectivity index (χ2n) is 5.15. The fourth-order valence-electron chi connectivity index (χ4n) is 2.29. The molecule has 106 valence electrons. The second-order valence-corrected chi connectivity index (χ2v) is 7.39. The summed E-state index contributed by atoms with van der Waals surface area (Å²) in [4.78, 5) is 2.22. The highest BCUT2D eigenvalue weighted by Crippen LogP contribution is 2.14. The number of likely N-dealkylation sites (tertiary alicyclic amines) is 1. The van der Waals surface area contributed by atoms with Crippen LogP contribution in [0.25, 0.3) is 0 Å². The Morgan fingerprint density at radius 1 is 1.37 bits per heavy atom. The standard InChI is InChI=1S/C13H19ClN2O2S/c1-16-7-6-12(9-16)8-15-19(17,18)10-11-2-4-13(14)5-3-11/h2-5,12,15H,6-10H2,1H3. The van der Waals surface area contributed by atoms with Crippen LogP contribution >= 0.6 is 11.6 Å². The molecule has 0 spiro atoms. The number of halogens is 1. The van der Waals surface area contributed by atoms with Crippen LogP contribution in [0.2, 0.25) is 5.02 Å². The van der Waals surface area contributed by atoms with Crippen molar-refractivity contribution in [1.82, 2.24) is 9.62 Å². The van der Waals surface area contributed by atoms with Crippen LogP contribution in [-0.4, -0.2) is 40.0 Å². The van der Waals surface area contributed by atoms with E-state index < -0.39 is 10.0 Å². The number of sulfonamides is 1. The van der Waals surface area contributed by atoms with Crippen LogP contribution in [-0.2, 0) is 15.8 Å². The molecule has 1 heterocycles. The molecule has 4 nitrogen and oxygen atoms in total. The third-order valence-electron chi connectivity index (χ3n) is 3.35. The Balaban J connectivity index is 1.86. The van der Waals surface area contributed by atoms with Crippen molar-refractivity contribution in [2.75, 3.05) is 26.7 Å². The molecule has 0 saturated carbocycles. The molecule has 1 aliphatic rings. The maximum absolute atomic E-state index is 12.0. The van der Waals surface area contributed by atoms with Crippen molar-refractivity contribution in [3.8, 4) is 0 Å². The van der Waals surface area contributed by atoms with Gasteiger partial charge in [-0.05, 0) is 43.6 Å². The molecule has 1 aromatic rings. The van der Waals surface area contributed by atoms with Crippen LogP contribution in [0.5, 0.6) is 0 Å². The van der Waals surface area contributed by atoms with E-state index in [0.717, 1.165) is 25.1 Å². The van der Waals surface area contributed by atoms with Gasteiger partial charge < -0.3 is 4.90 Å². The molecule has 1 saturated heterocycles. The number of benzene rings is 1. The summed E-state index contributed by atoms with van der Waals surface area (Å²) in [5, 5.41) is 0.614. The van der Waals surface area contributed by atoms with E-state index in [1.165, 1.54) is 0 Å². The van der Waals surface area contributed by atoms with Crippen molar-refractivity contribution >= 4 is 21.6 Å². The van der Waals surface area contributed by atoms with Gasteiger partial charge in [-0.1, -0.05) is 23.7 Å². The van der Waals surface area contributed by atoms with Gasteiger partial charge in [0.05, 0.1) is 5.75 Å². The molecule has 6 heteroatoms. The zero-order valence-corrected chi connectivity index (χ0v) is 12.5. The minimum absolute atomic E-state index is 0.00667. The Kier molecular flexibility index (Phi) is 4.84. The van der Waals surface area contributed by atoms with Crippen LogP contribution in [0.3, 0.4) is 0 Å². The summed E-state index contributed by atoms with van der Waals surface area (Å²) >= 11 is 5.77. The van der Waals surface area contributed by atoms with E-state index in [0.29, 0.717) is 17.5 Å². The van der Waals surface area contributed by atoms with Gasteiger partial charge >= 0.3 is 0 Å². The summed E-state index contributed by atoms with van der Waals surface area (Å²) in [5.74, 6) is 0.428. The quantitative estimate of drug-likeness (QED) is 0.901. The third kappa shape index (κ3) is 4.76. The van der Waals surface area contributed by atoms with Crippen molar-refractivity contribution in [2.24, 2.45) is 5.92 Å². The predicted molar refractivity (Wildman–Crippen MR) is 77.7 cm³/mol. The molecule has 19 heavy (non-hydrogen) atoms. The Morgan fingerprint density at radius 2 is 2.05 bits per heavy atom. The van der Waals surface area contributed by atoms with Gasteiger partial charge in [0.2, 0.25) is 10.0 Å². The molecule has 0 amide bonds. The largest absolute Gasteiger partial charge is 0.306 e. The highest BCUT2D eigenvalue weighted by molar-refractivity contribution is 7.88. The monoisotopic (exact) mass is 302 g/mol. The molecule has 1 fully saturated rings. The zero-order valence-electron chi connectivity index (χ0n) is 11.0. The number of nitrogens with one attached hydrogen (secondary N) is 1. The van der Waals surface area contributed by atoms with Crippen LogP contribution in [0, 0.1) is 5.92 Å². The van der Waals surface area contributed by atoms with Gasteiger partial charge in [0.15, 0.2) is 0 Å². The summed E-state index contributed by atoms with van der Waals surface area (Å²) in [6.45, 7) is 2.54. The molecule has 1 aliphatic heterocycles. The second kappa shape index (κ2) is 6.22. The maximum atomic E-state index is 12.0. The molecule has 1 unspecified atom stereocenters. The first kappa shape index (κ1) is 14.8. The number of hydrogen-bond donors (Lipinski definition) is 1. The fourth-order valence-corrected chi connectivity index (χ4v) is 3.64. The van der Waals surface area contributed by atoms with Gasteiger partial charge in [0.25, 0.3) is 0 Å². The third-order valence-corrected chi connectivity index (χ3v) is 4.92. The SMILES string of the molecule is CN1CCC(CNS(=O)(=O)Cc2ccc(Cl)cc2)C1. The summed E-state index contributed by atoms with van der Waals surface area (Å²) in [6, 6.07) is 6.90. The first-order valence-electron chi connectivity index (χ1n) is 6.35. The number of nitrogens with zero attached hydrogens (tertiary/aromatic N) is 1. The Bertz CT molecular complexity index is 516. The van der Waals surface area contributed by atoms with Gasteiger partial charge in [0.1, 0.15) is 0 Å². The normalized spacial score (nSPS) is 20.8. The highest BCUT2D eigenvalue weighted by Gasteiger charge is 2.21. The van der Waals surface area contributed by atoms with Crippen molar-refractivity contribution in [3.63, 3.8) is 0 Å². The molecule has 2 rings (SSSR count). The summed E-state index contributed by atoms with van der Waals surface area (Å²) in [7, 11) is -1.21. The lowest BCUT2D eigenvalue weighted by Gasteiger charge is -2.12. The molecule has 1 aromatic carbocycles. The van der Waals surface area contributed by atoms with Gasteiger partial charge in [-0.2, -0.15) is 0 Å². The number of hydrogen-bond acceptors (Lipinski definition) is 3. The Morgan fingerprint density at radius 3 is 2.63 bits per heavy atom. The molecular weight excluding hydrogens is 284 g/mol. The van der Waals surface area contributed by atoms with E-state index in [4.69, 9.17) is 11.6 Å². The lowest BCUT2D eigenvalue weighted by Crippen LogP contribution is -2.31. The topological polar surface area (TPSA) is 49.4 Å². The smallest absolute Gasteiger partial charge is 0.215 e. The highest BCUT2D eigenvalue weighted by atomic mass is 35.5.